The number of hydrogen-bond donors (Lipinski definition) is 1. The molecule has 0 spiro atoms. The van der Waals surface area contributed by atoms with Gasteiger partial charge in [-0.3, -0.25) is 9.69 Å². The predicted octanol–water partition coefficient (Wildman–Crippen LogP) is 1.74. The standard InChI is InChI=1S/C18H27N3O3/c1-21-12-15(23-2)9-16(21)18(22)20-11-13-7-8-17(19-10-13)24-14-5-3-4-6-14/h7-8,10,14-16H,3-6,9,11-12H2,1-2H3,(H,20,22)/t15-,16-/m0/s1. The molecule has 1 saturated carbocycles. The van der Waals surface area contributed by atoms with Gasteiger partial charge >= 0.3 is 0 Å². The number of carbonyl (C=O) groups is 1. The molecule has 2 aliphatic rings. The van der Waals surface area contributed by atoms with Crippen LogP contribution >= 0.6 is 0 Å². The van der Waals surface area contributed by atoms with E-state index in [2.05, 4.69) is 10.3 Å². The van der Waals surface area contributed by atoms with Gasteiger partial charge in [-0.1, -0.05) is 6.07 Å². The molecule has 3 rings (SSSR count). The Labute approximate surface area is 143 Å². The fourth-order valence-electron chi connectivity index (χ4n) is 3.50. The van der Waals surface area contributed by atoms with Gasteiger partial charge < -0.3 is 14.8 Å². The molecule has 6 nitrogen and oxygen atoms in total. The molecule has 1 aliphatic carbocycles. The first kappa shape index (κ1) is 17.2. The lowest BCUT2D eigenvalue weighted by Crippen LogP contribution is -2.41. The maximum Gasteiger partial charge on any atom is 0.237 e. The average molecular weight is 333 g/mol. The minimum atomic E-state index is -0.118. The Morgan fingerprint density at radius 3 is 2.75 bits per heavy atom. The van der Waals surface area contributed by atoms with Crippen LogP contribution in [0.2, 0.25) is 0 Å². The molecule has 1 aromatic heterocycles. The molecule has 132 valence electrons. The van der Waals surface area contributed by atoms with Gasteiger partial charge in [-0.2, -0.15) is 0 Å². The van der Waals surface area contributed by atoms with Crippen molar-refractivity contribution in [2.75, 3.05) is 20.7 Å². The molecule has 0 radical (unpaired) electrons. The summed E-state index contributed by atoms with van der Waals surface area (Å²) >= 11 is 0. The first-order valence-electron chi connectivity index (χ1n) is 8.78. The number of aromatic nitrogens is 1. The second kappa shape index (κ2) is 7.94. The highest BCUT2D eigenvalue weighted by Gasteiger charge is 2.34. The quantitative estimate of drug-likeness (QED) is 0.859. The van der Waals surface area contributed by atoms with Gasteiger partial charge in [0.05, 0.1) is 12.1 Å². The summed E-state index contributed by atoms with van der Waals surface area (Å²) in [5.41, 5.74) is 0.978. The number of methoxy groups -OCH3 is 1. The Balaban J connectivity index is 1.46. The normalized spacial score (nSPS) is 25.1. The van der Waals surface area contributed by atoms with Crippen molar-refractivity contribution >= 4 is 5.91 Å². The fourth-order valence-corrected chi connectivity index (χ4v) is 3.50. The number of carbonyl (C=O) groups excluding carboxylic acids is 1. The molecule has 0 unspecified atom stereocenters. The van der Waals surface area contributed by atoms with E-state index in [0.717, 1.165) is 31.4 Å². The lowest BCUT2D eigenvalue weighted by Gasteiger charge is -2.18. The van der Waals surface area contributed by atoms with Crippen molar-refractivity contribution in [1.82, 2.24) is 15.2 Å². The van der Waals surface area contributed by atoms with Crippen LogP contribution in [0.4, 0.5) is 0 Å². The second-order valence-electron chi connectivity index (χ2n) is 6.80. The van der Waals surface area contributed by atoms with Crippen molar-refractivity contribution in [3.8, 4) is 5.88 Å². The highest BCUT2D eigenvalue weighted by Crippen LogP contribution is 2.23. The summed E-state index contributed by atoms with van der Waals surface area (Å²) in [4.78, 5) is 18.7. The average Bonchev–Trinajstić information content (AvgIpc) is 3.23. The Kier molecular flexibility index (Phi) is 5.68. The fraction of sp³-hybridized carbons (Fsp3) is 0.667. The molecule has 2 fully saturated rings. The van der Waals surface area contributed by atoms with Crippen molar-refractivity contribution in [2.24, 2.45) is 0 Å². The number of likely N-dealkylation sites (N-methyl/N-ethyl adjacent to an activating group) is 1. The van der Waals surface area contributed by atoms with Gasteiger partial charge in [-0.05, 0) is 44.7 Å². The van der Waals surface area contributed by atoms with Crippen LogP contribution in [0, 0.1) is 0 Å². The summed E-state index contributed by atoms with van der Waals surface area (Å²) in [5, 5.41) is 2.99. The van der Waals surface area contributed by atoms with E-state index in [4.69, 9.17) is 9.47 Å². The van der Waals surface area contributed by atoms with Gasteiger partial charge in [0.1, 0.15) is 6.10 Å². The minimum Gasteiger partial charge on any atom is -0.474 e. The summed E-state index contributed by atoms with van der Waals surface area (Å²) in [6.07, 6.45) is 7.71. The van der Waals surface area contributed by atoms with Crippen LogP contribution < -0.4 is 10.1 Å². The van der Waals surface area contributed by atoms with Gasteiger partial charge in [0, 0.05) is 32.5 Å². The summed E-state index contributed by atoms with van der Waals surface area (Å²) in [6.45, 7) is 1.28. The lowest BCUT2D eigenvalue weighted by atomic mass is 10.2. The number of likely N-dealkylation sites (tertiary alicyclic amines) is 1. The molecule has 2 atom stereocenters. The highest BCUT2D eigenvalue weighted by molar-refractivity contribution is 5.82. The largest absolute Gasteiger partial charge is 0.474 e. The van der Waals surface area contributed by atoms with E-state index in [1.165, 1.54) is 12.8 Å². The third-order valence-corrected chi connectivity index (χ3v) is 5.00. The molecular formula is C18H27N3O3. The second-order valence-corrected chi connectivity index (χ2v) is 6.80. The highest BCUT2D eigenvalue weighted by atomic mass is 16.5. The molecule has 2 heterocycles. The van der Waals surface area contributed by atoms with Crippen LogP contribution in [0.15, 0.2) is 18.3 Å². The zero-order valence-electron chi connectivity index (χ0n) is 14.5. The number of pyridine rings is 1. The van der Waals surface area contributed by atoms with E-state index in [-0.39, 0.29) is 18.1 Å². The Morgan fingerprint density at radius 2 is 2.12 bits per heavy atom. The van der Waals surface area contributed by atoms with E-state index < -0.39 is 0 Å². The topological polar surface area (TPSA) is 63.7 Å². The smallest absolute Gasteiger partial charge is 0.237 e. The molecule has 1 aliphatic heterocycles. The monoisotopic (exact) mass is 333 g/mol. The van der Waals surface area contributed by atoms with E-state index in [1.807, 2.05) is 24.1 Å². The maximum atomic E-state index is 12.3. The molecule has 1 amide bonds. The number of rotatable bonds is 6. The molecule has 24 heavy (non-hydrogen) atoms. The molecular weight excluding hydrogens is 306 g/mol. The van der Waals surface area contributed by atoms with Crippen LogP contribution in [0.5, 0.6) is 5.88 Å². The van der Waals surface area contributed by atoms with Crippen molar-refractivity contribution in [3.63, 3.8) is 0 Å². The first-order chi connectivity index (χ1) is 11.7. The zero-order valence-corrected chi connectivity index (χ0v) is 14.5. The number of nitrogens with one attached hydrogen (secondary N) is 1. The van der Waals surface area contributed by atoms with Gasteiger partial charge in [-0.25, -0.2) is 4.98 Å². The van der Waals surface area contributed by atoms with Gasteiger partial charge in [0.15, 0.2) is 0 Å². The van der Waals surface area contributed by atoms with Crippen molar-refractivity contribution in [1.29, 1.82) is 0 Å². The number of amides is 1. The summed E-state index contributed by atoms with van der Waals surface area (Å²) < 4.78 is 11.2. The van der Waals surface area contributed by atoms with Gasteiger partial charge in [0.25, 0.3) is 0 Å². The van der Waals surface area contributed by atoms with Crippen LogP contribution in [0.3, 0.4) is 0 Å². The Morgan fingerprint density at radius 1 is 1.33 bits per heavy atom. The van der Waals surface area contributed by atoms with Crippen molar-refractivity contribution < 1.29 is 14.3 Å². The predicted molar refractivity (Wildman–Crippen MR) is 90.8 cm³/mol. The van der Waals surface area contributed by atoms with Crippen LogP contribution in [0.25, 0.3) is 0 Å². The molecule has 1 saturated heterocycles. The maximum absolute atomic E-state index is 12.3. The Bertz CT molecular complexity index is 543. The van der Waals surface area contributed by atoms with E-state index >= 15 is 0 Å². The number of nitrogens with zero attached hydrogens (tertiary/aromatic N) is 2. The van der Waals surface area contributed by atoms with Gasteiger partial charge in [0.2, 0.25) is 11.8 Å². The SMILES string of the molecule is CO[C@H]1C[C@@H](C(=O)NCc2ccc(OC3CCCC3)nc2)N(C)C1. The van der Waals surface area contributed by atoms with E-state index in [0.29, 0.717) is 18.5 Å². The third-order valence-electron chi connectivity index (χ3n) is 5.00. The minimum absolute atomic E-state index is 0.0448. The van der Waals surface area contributed by atoms with Crippen molar-refractivity contribution in [3.05, 3.63) is 23.9 Å². The molecule has 1 aromatic rings. The number of hydrogen-bond acceptors (Lipinski definition) is 5. The van der Waals surface area contributed by atoms with E-state index in [1.54, 1.807) is 13.3 Å². The van der Waals surface area contributed by atoms with Crippen LogP contribution in [-0.4, -0.2) is 54.7 Å². The van der Waals surface area contributed by atoms with Crippen molar-refractivity contribution in [2.45, 2.75) is 56.9 Å². The summed E-state index contributed by atoms with van der Waals surface area (Å²) in [7, 11) is 3.65. The molecule has 6 heteroatoms. The molecule has 1 N–H and O–H groups in total. The first-order valence-corrected chi connectivity index (χ1v) is 8.78. The number of ether oxygens (including phenoxy) is 2. The molecule has 0 aromatic carbocycles. The summed E-state index contributed by atoms with van der Waals surface area (Å²) in [5.74, 6) is 0.721. The summed E-state index contributed by atoms with van der Waals surface area (Å²) in [6, 6.07) is 3.74. The lowest BCUT2D eigenvalue weighted by molar-refractivity contribution is -0.125. The Hall–Kier alpha value is -1.66. The van der Waals surface area contributed by atoms with Crippen LogP contribution in [-0.2, 0) is 16.1 Å². The molecule has 0 bridgehead atoms. The van der Waals surface area contributed by atoms with E-state index in [9.17, 15) is 4.79 Å². The van der Waals surface area contributed by atoms with Gasteiger partial charge in [-0.15, -0.1) is 0 Å². The zero-order chi connectivity index (χ0) is 16.9. The van der Waals surface area contributed by atoms with Crippen LogP contribution in [0.1, 0.15) is 37.7 Å². The third kappa shape index (κ3) is 4.24.